The van der Waals surface area contributed by atoms with Gasteiger partial charge in [-0.3, -0.25) is 0 Å². The number of nitrogens with zero attached hydrogens (tertiary/aromatic N) is 2. The molecule has 0 aliphatic carbocycles. The molecule has 0 amide bonds. The smallest absolute Gasteiger partial charge is 0.163 e. The number of aromatic nitrogens is 2. The van der Waals surface area contributed by atoms with Gasteiger partial charge < -0.3 is 5.32 Å². The lowest BCUT2D eigenvalue weighted by Gasteiger charge is -2.08. The molecular formula is C17H12BrClFN3. The maximum absolute atomic E-state index is 13.4. The fourth-order valence-corrected chi connectivity index (χ4v) is 2.73. The van der Waals surface area contributed by atoms with Gasteiger partial charge in [0.1, 0.15) is 16.8 Å². The summed E-state index contributed by atoms with van der Waals surface area (Å²) in [5, 5.41) is 3.51. The number of rotatable bonds is 4. The number of benzene rings is 2. The van der Waals surface area contributed by atoms with Crippen LogP contribution >= 0.6 is 27.5 Å². The average molecular weight is 393 g/mol. The van der Waals surface area contributed by atoms with Gasteiger partial charge in [0.25, 0.3) is 0 Å². The predicted molar refractivity (Wildman–Crippen MR) is 93.9 cm³/mol. The van der Waals surface area contributed by atoms with Crippen molar-refractivity contribution in [3.05, 3.63) is 75.6 Å². The summed E-state index contributed by atoms with van der Waals surface area (Å²) in [6.07, 6.45) is 0. The zero-order valence-electron chi connectivity index (χ0n) is 11.9. The summed E-state index contributed by atoms with van der Waals surface area (Å²) in [5.41, 5.74) is 1.68. The summed E-state index contributed by atoms with van der Waals surface area (Å²) >= 11 is 9.49. The quantitative estimate of drug-likeness (QED) is 0.611. The van der Waals surface area contributed by atoms with E-state index in [0.29, 0.717) is 28.9 Å². The molecule has 0 saturated carbocycles. The van der Waals surface area contributed by atoms with Crippen molar-refractivity contribution in [2.45, 2.75) is 6.54 Å². The van der Waals surface area contributed by atoms with E-state index in [-0.39, 0.29) is 5.82 Å². The van der Waals surface area contributed by atoms with E-state index < -0.39 is 0 Å². The molecule has 0 fully saturated rings. The predicted octanol–water partition coefficient (Wildman–Crippen LogP) is 5.31. The molecule has 3 rings (SSSR count). The number of halogens is 3. The highest BCUT2D eigenvalue weighted by Crippen LogP contribution is 2.21. The van der Waals surface area contributed by atoms with Gasteiger partial charge in [0.2, 0.25) is 0 Å². The molecule has 1 heterocycles. The van der Waals surface area contributed by atoms with Crippen molar-refractivity contribution in [2.24, 2.45) is 0 Å². The monoisotopic (exact) mass is 391 g/mol. The molecular weight excluding hydrogens is 381 g/mol. The normalized spacial score (nSPS) is 10.6. The van der Waals surface area contributed by atoms with Crippen molar-refractivity contribution in [1.82, 2.24) is 9.97 Å². The van der Waals surface area contributed by atoms with Crippen LogP contribution in [-0.4, -0.2) is 9.97 Å². The first-order valence-electron chi connectivity index (χ1n) is 6.89. The van der Waals surface area contributed by atoms with E-state index in [0.717, 1.165) is 10.0 Å². The Kier molecular flexibility index (Phi) is 4.88. The molecule has 2 aromatic carbocycles. The fraction of sp³-hybridized carbons (Fsp3) is 0.0588. The van der Waals surface area contributed by atoms with Crippen molar-refractivity contribution in [3.63, 3.8) is 0 Å². The topological polar surface area (TPSA) is 37.8 Å². The second-order valence-electron chi connectivity index (χ2n) is 4.89. The number of hydrogen-bond acceptors (Lipinski definition) is 3. The lowest BCUT2D eigenvalue weighted by molar-refractivity contribution is 0.628. The van der Waals surface area contributed by atoms with E-state index >= 15 is 0 Å². The minimum Gasteiger partial charge on any atom is -0.366 e. The first kappa shape index (κ1) is 15.9. The summed E-state index contributed by atoms with van der Waals surface area (Å²) in [6.45, 7) is 0.593. The van der Waals surface area contributed by atoms with Crippen molar-refractivity contribution >= 4 is 33.3 Å². The van der Waals surface area contributed by atoms with E-state index in [9.17, 15) is 4.39 Å². The van der Waals surface area contributed by atoms with Crippen LogP contribution in [0, 0.1) is 5.82 Å². The van der Waals surface area contributed by atoms with Gasteiger partial charge in [0.05, 0.1) is 0 Å². The van der Waals surface area contributed by atoms with E-state index in [2.05, 4.69) is 31.2 Å². The van der Waals surface area contributed by atoms with Gasteiger partial charge in [-0.25, -0.2) is 14.4 Å². The van der Waals surface area contributed by atoms with Crippen LogP contribution in [0.1, 0.15) is 5.56 Å². The number of hydrogen-bond donors (Lipinski definition) is 1. The Morgan fingerprint density at radius 2 is 1.87 bits per heavy atom. The Morgan fingerprint density at radius 1 is 1.04 bits per heavy atom. The van der Waals surface area contributed by atoms with Gasteiger partial charge in [-0.1, -0.05) is 51.8 Å². The maximum Gasteiger partial charge on any atom is 0.163 e. The van der Waals surface area contributed by atoms with Crippen LogP contribution in [0.3, 0.4) is 0 Å². The van der Waals surface area contributed by atoms with Crippen LogP contribution in [0.2, 0.25) is 5.15 Å². The molecule has 0 atom stereocenters. The summed E-state index contributed by atoms with van der Waals surface area (Å²) < 4.78 is 14.4. The molecule has 3 aromatic rings. The summed E-state index contributed by atoms with van der Waals surface area (Å²) in [6, 6.07) is 15.7. The number of nitrogens with one attached hydrogen (secondary N) is 1. The van der Waals surface area contributed by atoms with Crippen molar-refractivity contribution in [1.29, 1.82) is 0 Å². The molecule has 0 unspecified atom stereocenters. The minimum absolute atomic E-state index is 0.302. The van der Waals surface area contributed by atoms with Gasteiger partial charge in [-0.05, 0) is 29.8 Å². The zero-order chi connectivity index (χ0) is 16.2. The summed E-state index contributed by atoms with van der Waals surface area (Å²) in [7, 11) is 0. The molecule has 0 bridgehead atoms. The van der Waals surface area contributed by atoms with Gasteiger partial charge in [-0.2, -0.15) is 0 Å². The molecule has 0 aliphatic rings. The Bertz CT molecular complexity index is 842. The third kappa shape index (κ3) is 4.27. The second-order valence-corrected chi connectivity index (χ2v) is 6.20. The molecule has 3 nitrogen and oxygen atoms in total. The van der Waals surface area contributed by atoms with E-state index in [1.54, 1.807) is 18.2 Å². The standard InChI is InChI=1S/C17H12BrClFN3/c18-13-5-1-3-11(7-13)10-21-16-9-15(19)22-17(23-16)12-4-2-6-14(20)8-12/h1-9H,10H2,(H,21,22,23). The molecule has 0 radical (unpaired) electrons. The Hall–Kier alpha value is -1.98. The molecule has 0 spiro atoms. The molecule has 23 heavy (non-hydrogen) atoms. The Morgan fingerprint density at radius 3 is 2.65 bits per heavy atom. The molecule has 0 aliphatic heterocycles. The number of anilines is 1. The van der Waals surface area contributed by atoms with Crippen LogP contribution in [0.25, 0.3) is 11.4 Å². The molecule has 0 saturated heterocycles. The van der Waals surface area contributed by atoms with E-state index in [4.69, 9.17) is 11.6 Å². The maximum atomic E-state index is 13.4. The lowest BCUT2D eigenvalue weighted by atomic mass is 10.2. The van der Waals surface area contributed by atoms with Crippen LogP contribution in [-0.2, 0) is 6.54 Å². The van der Waals surface area contributed by atoms with E-state index in [1.807, 2.05) is 24.3 Å². The molecule has 6 heteroatoms. The average Bonchev–Trinajstić information content (AvgIpc) is 2.52. The molecule has 1 N–H and O–H groups in total. The highest BCUT2D eigenvalue weighted by molar-refractivity contribution is 9.10. The highest BCUT2D eigenvalue weighted by atomic mass is 79.9. The molecule has 116 valence electrons. The van der Waals surface area contributed by atoms with Crippen LogP contribution < -0.4 is 5.32 Å². The summed E-state index contributed by atoms with van der Waals surface area (Å²) in [4.78, 5) is 8.55. The first-order chi connectivity index (χ1) is 11.1. The lowest BCUT2D eigenvalue weighted by Crippen LogP contribution is -2.03. The SMILES string of the molecule is Fc1cccc(-c2nc(Cl)cc(NCc3cccc(Br)c3)n2)c1. The van der Waals surface area contributed by atoms with Gasteiger partial charge in [0, 0.05) is 22.6 Å². The Labute approximate surface area is 146 Å². The van der Waals surface area contributed by atoms with Gasteiger partial charge in [0.15, 0.2) is 5.82 Å². The van der Waals surface area contributed by atoms with E-state index in [1.165, 1.54) is 12.1 Å². The summed E-state index contributed by atoms with van der Waals surface area (Å²) in [5.74, 6) is 0.632. The fourth-order valence-electron chi connectivity index (χ4n) is 2.10. The molecule has 1 aromatic heterocycles. The van der Waals surface area contributed by atoms with Crippen molar-refractivity contribution in [2.75, 3.05) is 5.32 Å². The van der Waals surface area contributed by atoms with Gasteiger partial charge in [-0.15, -0.1) is 0 Å². The Balaban J connectivity index is 1.83. The highest BCUT2D eigenvalue weighted by Gasteiger charge is 2.07. The van der Waals surface area contributed by atoms with Crippen molar-refractivity contribution < 1.29 is 4.39 Å². The third-order valence-corrected chi connectivity index (χ3v) is 3.83. The van der Waals surface area contributed by atoms with Crippen molar-refractivity contribution in [3.8, 4) is 11.4 Å². The second kappa shape index (κ2) is 7.06. The first-order valence-corrected chi connectivity index (χ1v) is 8.06. The van der Waals surface area contributed by atoms with Crippen LogP contribution in [0.15, 0.2) is 59.1 Å². The largest absolute Gasteiger partial charge is 0.366 e. The van der Waals surface area contributed by atoms with Crippen LogP contribution in [0.5, 0.6) is 0 Å². The van der Waals surface area contributed by atoms with Crippen LogP contribution in [0.4, 0.5) is 10.2 Å². The minimum atomic E-state index is -0.338. The zero-order valence-corrected chi connectivity index (χ0v) is 14.3. The third-order valence-electron chi connectivity index (χ3n) is 3.14. The van der Waals surface area contributed by atoms with Gasteiger partial charge >= 0.3 is 0 Å².